The summed E-state index contributed by atoms with van der Waals surface area (Å²) in [6, 6.07) is 12.8. The minimum absolute atomic E-state index is 0.143. The van der Waals surface area contributed by atoms with E-state index in [-0.39, 0.29) is 5.91 Å². The maximum absolute atomic E-state index is 12.3. The van der Waals surface area contributed by atoms with Crippen LogP contribution in [0, 0.1) is 0 Å². The Bertz CT molecular complexity index is 843. The normalized spacial score (nSPS) is 10.3. The van der Waals surface area contributed by atoms with Crippen LogP contribution in [0.3, 0.4) is 0 Å². The molecule has 1 N–H and O–H groups in total. The van der Waals surface area contributed by atoms with Gasteiger partial charge in [0.2, 0.25) is 0 Å². The van der Waals surface area contributed by atoms with Crippen LogP contribution in [0.2, 0.25) is 0 Å². The van der Waals surface area contributed by atoms with Crippen molar-refractivity contribution in [1.82, 2.24) is 14.9 Å². The summed E-state index contributed by atoms with van der Waals surface area (Å²) in [6.07, 6.45) is 5.28. The van der Waals surface area contributed by atoms with Gasteiger partial charge in [0.25, 0.3) is 5.91 Å². The van der Waals surface area contributed by atoms with Crippen LogP contribution in [-0.2, 0) is 6.54 Å². The maximum atomic E-state index is 12.3. The number of imidazole rings is 1. The molecule has 0 saturated heterocycles. The van der Waals surface area contributed by atoms with E-state index in [9.17, 15) is 4.79 Å². The molecule has 0 aliphatic carbocycles. The number of amides is 1. The number of benzene rings is 2. The van der Waals surface area contributed by atoms with Crippen molar-refractivity contribution in [3.63, 3.8) is 0 Å². The fourth-order valence-corrected chi connectivity index (χ4v) is 2.47. The molecule has 0 aliphatic rings. The average molecular weight is 337 g/mol. The summed E-state index contributed by atoms with van der Waals surface area (Å²) >= 11 is 0. The number of carbonyl (C=O) groups is 1. The SMILES string of the molecule is COc1ccc(CNC(=O)c2ccc(-n3ccnc3)cc2)c(OC)c1. The van der Waals surface area contributed by atoms with Crippen LogP contribution in [0.5, 0.6) is 11.5 Å². The molecule has 25 heavy (non-hydrogen) atoms. The van der Waals surface area contributed by atoms with Crippen LogP contribution < -0.4 is 14.8 Å². The molecule has 0 unspecified atom stereocenters. The van der Waals surface area contributed by atoms with Gasteiger partial charge in [0.15, 0.2) is 0 Å². The van der Waals surface area contributed by atoms with Gasteiger partial charge in [0.05, 0.1) is 20.5 Å². The highest BCUT2D eigenvalue weighted by Crippen LogP contribution is 2.24. The van der Waals surface area contributed by atoms with E-state index in [0.717, 1.165) is 11.3 Å². The van der Waals surface area contributed by atoms with E-state index in [4.69, 9.17) is 9.47 Å². The Kier molecular flexibility index (Phi) is 4.99. The Morgan fingerprint density at radius 2 is 1.92 bits per heavy atom. The summed E-state index contributed by atoms with van der Waals surface area (Å²) < 4.78 is 12.4. The molecule has 1 aromatic heterocycles. The van der Waals surface area contributed by atoms with E-state index in [1.54, 1.807) is 44.9 Å². The Balaban J connectivity index is 1.66. The molecule has 0 saturated carbocycles. The van der Waals surface area contributed by atoms with E-state index >= 15 is 0 Å². The highest BCUT2D eigenvalue weighted by atomic mass is 16.5. The number of aromatic nitrogens is 2. The van der Waals surface area contributed by atoms with Crippen molar-refractivity contribution in [2.24, 2.45) is 0 Å². The first-order chi connectivity index (χ1) is 12.2. The van der Waals surface area contributed by atoms with Crippen LogP contribution in [0.1, 0.15) is 15.9 Å². The molecule has 3 rings (SSSR count). The number of nitrogens with zero attached hydrogens (tertiary/aromatic N) is 2. The van der Waals surface area contributed by atoms with Crippen molar-refractivity contribution in [3.05, 3.63) is 72.3 Å². The van der Waals surface area contributed by atoms with E-state index < -0.39 is 0 Å². The first-order valence-electron chi connectivity index (χ1n) is 7.79. The second kappa shape index (κ2) is 7.53. The predicted octanol–water partition coefficient (Wildman–Crippen LogP) is 2.82. The Morgan fingerprint density at radius 1 is 1.12 bits per heavy atom. The van der Waals surface area contributed by atoms with Gasteiger partial charge < -0.3 is 19.4 Å². The van der Waals surface area contributed by atoms with Crippen molar-refractivity contribution in [2.45, 2.75) is 6.54 Å². The lowest BCUT2D eigenvalue weighted by molar-refractivity contribution is 0.0950. The molecule has 0 spiro atoms. The molecule has 0 aliphatic heterocycles. The first kappa shape index (κ1) is 16.6. The van der Waals surface area contributed by atoms with Gasteiger partial charge in [-0.2, -0.15) is 0 Å². The summed E-state index contributed by atoms with van der Waals surface area (Å²) in [5, 5.41) is 2.90. The third-order valence-electron chi connectivity index (χ3n) is 3.87. The number of hydrogen-bond donors (Lipinski definition) is 1. The fourth-order valence-electron chi connectivity index (χ4n) is 2.47. The Labute approximate surface area is 146 Å². The molecule has 1 heterocycles. The lowest BCUT2D eigenvalue weighted by Gasteiger charge is -2.11. The molecule has 6 nitrogen and oxygen atoms in total. The number of nitrogens with one attached hydrogen (secondary N) is 1. The predicted molar refractivity (Wildman–Crippen MR) is 94.3 cm³/mol. The van der Waals surface area contributed by atoms with Crippen molar-refractivity contribution in [2.75, 3.05) is 14.2 Å². The third-order valence-corrected chi connectivity index (χ3v) is 3.87. The zero-order valence-electron chi connectivity index (χ0n) is 14.1. The van der Waals surface area contributed by atoms with E-state index in [2.05, 4.69) is 10.3 Å². The Morgan fingerprint density at radius 3 is 2.56 bits per heavy atom. The molecule has 0 atom stereocenters. The molecule has 3 aromatic rings. The van der Waals surface area contributed by atoms with Crippen molar-refractivity contribution >= 4 is 5.91 Å². The molecule has 0 bridgehead atoms. The van der Waals surface area contributed by atoms with Gasteiger partial charge in [0, 0.05) is 41.8 Å². The number of hydrogen-bond acceptors (Lipinski definition) is 4. The molecule has 0 fully saturated rings. The van der Waals surface area contributed by atoms with Gasteiger partial charge in [-0.25, -0.2) is 4.98 Å². The number of methoxy groups -OCH3 is 2. The Hall–Kier alpha value is -3.28. The second-order valence-corrected chi connectivity index (χ2v) is 5.38. The maximum Gasteiger partial charge on any atom is 0.251 e. The average Bonchev–Trinajstić information content (AvgIpc) is 3.20. The second-order valence-electron chi connectivity index (χ2n) is 5.38. The van der Waals surface area contributed by atoms with E-state index in [1.807, 2.05) is 35.0 Å². The van der Waals surface area contributed by atoms with Crippen LogP contribution in [-0.4, -0.2) is 29.7 Å². The van der Waals surface area contributed by atoms with Crippen molar-refractivity contribution in [1.29, 1.82) is 0 Å². The molecular formula is C19H19N3O3. The lowest BCUT2D eigenvalue weighted by Crippen LogP contribution is -2.23. The zero-order valence-corrected chi connectivity index (χ0v) is 14.1. The highest BCUT2D eigenvalue weighted by molar-refractivity contribution is 5.94. The van der Waals surface area contributed by atoms with E-state index in [0.29, 0.717) is 23.6 Å². The topological polar surface area (TPSA) is 65.4 Å². The summed E-state index contributed by atoms with van der Waals surface area (Å²) in [7, 11) is 3.19. The fraction of sp³-hybridized carbons (Fsp3) is 0.158. The first-order valence-corrected chi connectivity index (χ1v) is 7.79. The summed E-state index contributed by atoms with van der Waals surface area (Å²) in [6.45, 7) is 0.370. The molecule has 6 heteroatoms. The van der Waals surface area contributed by atoms with Gasteiger partial charge in [-0.3, -0.25) is 4.79 Å². The van der Waals surface area contributed by atoms with Crippen molar-refractivity contribution in [3.8, 4) is 17.2 Å². The largest absolute Gasteiger partial charge is 0.497 e. The van der Waals surface area contributed by atoms with Crippen LogP contribution >= 0.6 is 0 Å². The van der Waals surface area contributed by atoms with Crippen LogP contribution in [0.4, 0.5) is 0 Å². The van der Waals surface area contributed by atoms with Gasteiger partial charge in [-0.1, -0.05) is 0 Å². The van der Waals surface area contributed by atoms with Gasteiger partial charge in [0.1, 0.15) is 11.5 Å². The van der Waals surface area contributed by atoms with Crippen molar-refractivity contribution < 1.29 is 14.3 Å². The molecule has 1 amide bonds. The number of carbonyl (C=O) groups excluding carboxylic acids is 1. The molecule has 128 valence electrons. The number of rotatable bonds is 6. The molecular weight excluding hydrogens is 318 g/mol. The minimum atomic E-state index is -0.143. The standard InChI is InChI=1S/C19H19N3O3/c1-24-17-8-5-15(18(11-17)25-2)12-21-19(23)14-3-6-16(7-4-14)22-10-9-20-13-22/h3-11,13H,12H2,1-2H3,(H,21,23). The smallest absolute Gasteiger partial charge is 0.251 e. The zero-order chi connectivity index (χ0) is 17.6. The molecule has 2 aromatic carbocycles. The van der Waals surface area contributed by atoms with Gasteiger partial charge >= 0.3 is 0 Å². The minimum Gasteiger partial charge on any atom is -0.497 e. The van der Waals surface area contributed by atoms with Gasteiger partial charge in [-0.05, 0) is 36.4 Å². The third kappa shape index (κ3) is 3.80. The number of ether oxygens (including phenoxy) is 2. The van der Waals surface area contributed by atoms with E-state index in [1.165, 1.54) is 0 Å². The van der Waals surface area contributed by atoms with Gasteiger partial charge in [-0.15, -0.1) is 0 Å². The summed E-state index contributed by atoms with van der Waals surface area (Å²) in [5.41, 5.74) is 2.42. The van der Waals surface area contributed by atoms with Crippen LogP contribution in [0.15, 0.2) is 61.2 Å². The van der Waals surface area contributed by atoms with Crippen LogP contribution in [0.25, 0.3) is 5.69 Å². The molecule has 0 radical (unpaired) electrons. The lowest BCUT2D eigenvalue weighted by atomic mass is 10.1. The summed E-state index contributed by atoms with van der Waals surface area (Å²) in [4.78, 5) is 16.4. The highest BCUT2D eigenvalue weighted by Gasteiger charge is 2.09. The quantitative estimate of drug-likeness (QED) is 0.751. The monoisotopic (exact) mass is 337 g/mol. The summed E-state index contributed by atoms with van der Waals surface area (Å²) in [5.74, 6) is 1.24.